The number of hydrogen-bond acceptors (Lipinski definition) is 3. The van der Waals surface area contributed by atoms with Crippen molar-refractivity contribution in [1.82, 2.24) is 4.72 Å². The molecule has 0 saturated heterocycles. The van der Waals surface area contributed by atoms with Crippen molar-refractivity contribution in [3.05, 3.63) is 59.2 Å². The van der Waals surface area contributed by atoms with E-state index >= 15 is 0 Å². The molecule has 0 radical (unpaired) electrons. The highest BCUT2D eigenvalue weighted by Gasteiger charge is 2.17. The summed E-state index contributed by atoms with van der Waals surface area (Å²) in [6.07, 6.45) is 0. The Morgan fingerprint density at radius 1 is 0.962 bits per heavy atom. The predicted octanol–water partition coefficient (Wildman–Crippen LogP) is 4.06. The fraction of sp³-hybridized carbons (Fsp3) is 0.350. The van der Waals surface area contributed by atoms with Crippen LogP contribution in [0.5, 0.6) is 0 Å². The first-order chi connectivity index (χ1) is 12.1. The Hall–Kier alpha value is -2.18. The molecule has 0 aromatic heterocycles. The van der Waals surface area contributed by atoms with Crippen LogP contribution >= 0.6 is 0 Å². The molecule has 0 unspecified atom stereocenters. The standard InChI is InChI=1S/C20H26N2O3S/c1-13(2)18-8-6-7-15(5)19(18)21-20(23)16-9-11-17(12-10-16)26(24,25)22-14(3)4/h6-14,22H,1-5H3,(H,21,23). The van der Waals surface area contributed by atoms with Crippen molar-refractivity contribution < 1.29 is 13.2 Å². The van der Waals surface area contributed by atoms with Gasteiger partial charge in [-0.3, -0.25) is 4.79 Å². The van der Waals surface area contributed by atoms with E-state index in [1.807, 2.05) is 25.1 Å². The first-order valence-electron chi connectivity index (χ1n) is 8.65. The summed E-state index contributed by atoms with van der Waals surface area (Å²) in [5.74, 6) is 0.0155. The first kappa shape index (κ1) is 20.1. The molecule has 2 rings (SSSR count). The van der Waals surface area contributed by atoms with Crippen LogP contribution in [0.15, 0.2) is 47.4 Å². The van der Waals surface area contributed by atoms with Gasteiger partial charge in [0.05, 0.1) is 4.90 Å². The summed E-state index contributed by atoms with van der Waals surface area (Å²) in [6.45, 7) is 9.62. The van der Waals surface area contributed by atoms with Gasteiger partial charge < -0.3 is 5.32 Å². The molecule has 26 heavy (non-hydrogen) atoms. The summed E-state index contributed by atoms with van der Waals surface area (Å²) >= 11 is 0. The molecule has 0 saturated carbocycles. The van der Waals surface area contributed by atoms with Gasteiger partial charge in [-0.15, -0.1) is 0 Å². The van der Waals surface area contributed by atoms with Crippen molar-refractivity contribution in [3.8, 4) is 0 Å². The second-order valence-electron chi connectivity index (χ2n) is 6.95. The van der Waals surface area contributed by atoms with Gasteiger partial charge in [0.2, 0.25) is 10.0 Å². The third-order valence-corrected chi connectivity index (χ3v) is 5.66. The lowest BCUT2D eigenvalue weighted by atomic mass is 9.98. The number of benzene rings is 2. The molecule has 0 aliphatic heterocycles. The van der Waals surface area contributed by atoms with Gasteiger partial charge in [-0.25, -0.2) is 13.1 Å². The lowest BCUT2D eigenvalue weighted by Gasteiger charge is -2.16. The van der Waals surface area contributed by atoms with E-state index in [0.717, 1.165) is 16.8 Å². The van der Waals surface area contributed by atoms with Gasteiger partial charge in [0.25, 0.3) is 5.91 Å². The Kier molecular flexibility index (Phi) is 6.21. The summed E-state index contributed by atoms with van der Waals surface area (Å²) < 4.78 is 26.9. The second kappa shape index (κ2) is 8.01. The molecule has 0 atom stereocenters. The minimum absolute atomic E-state index is 0.140. The van der Waals surface area contributed by atoms with Crippen molar-refractivity contribution in [2.75, 3.05) is 5.32 Å². The van der Waals surface area contributed by atoms with Gasteiger partial charge in [-0.1, -0.05) is 32.0 Å². The quantitative estimate of drug-likeness (QED) is 0.801. The highest BCUT2D eigenvalue weighted by atomic mass is 32.2. The maximum atomic E-state index is 12.6. The summed E-state index contributed by atoms with van der Waals surface area (Å²) in [6, 6.07) is 11.7. The molecule has 0 bridgehead atoms. The van der Waals surface area contributed by atoms with Crippen LogP contribution < -0.4 is 10.0 Å². The third kappa shape index (κ3) is 4.71. The van der Waals surface area contributed by atoms with E-state index in [-0.39, 0.29) is 22.8 Å². The SMILES string of the molecule is Cc1cccc(C(C)C)c1NC(=O)c1ccc(S(=O)(=O)NC(C)C)cc1. The number of carbonyl (C=O) groups is 1. The van der Waals surface area contributed by atoms with E-state index in [9.17, 15) is 13.2 Å². The zero-order valence-electron chi connectivity index (χ0n) is 15.8. The maximum absolute atomic E-state index is 12.6. The van der Waals surface area contributed by atoms with Crippen molar-refractivity contribution in [2.24, 2.45) is 0 Å². The molecule has 2 aromatic carbocycles. The van der Waals surface area contributed by atoms with Gasteiger partial charge >= 0.3 is 0 Å². The normalized spacial score (nSPS) is 11.8. The molecule has 0 fully saturated rings. The van der Waals surface area contributed by atoms with Crippen LogP contribution in [0.2, 0.25) is 0 Å². The van der Waals surface area contributed by atoms with Crippen LogP contribution in [0.1, 0.15) is 55.1 Å². The first-order valence-corrected chi connectivity index (χ1v) is 10.1. The molecule has 0 aliphatic carbocycles. The molecule has 0 aliphatic rings. The highest BCUT2D eigenvalue weighted by Crippen LogP contribution is 2.28. The Labute approximate surface area is 155 Å². The predicted molar refractivity (Wildman–Crippen MR) is 105 cm³/mol. The minimum Gasteiger partial charge on any atom is -0.321 e. The van der Waals surface area contributed by atoms with Gasteiger partial charge in [0, 0.05) is 17.3 Å². The Bertz CT molecular complexity index is 886. The second-order valence-corrected chi connectivity index (χ2v) is 8.66. The average Bonchev–Trinajstić information content (AvgIpc) is 2.55. The topological polar surface area (TPSA) is 75.3 Å². The molecule has 140 valence electrons. The fourth-order valence-electron chi connectivity index (χ4n) is 2.69. The van der Waals surface area contributed by atoms with Crippen molar-refractivity contribution >= 4 is 21.6 Å². The summed E-state index contributed by atoms with van der Waals surface area (Å²) in [5.41, 5.74) is 3.28. The fourth-order valence-corrected chi connectivity index (χ4v) is 3.94. The van der Waals surface area contributed by atoms with E-state index < -0.39 is 10.0 Å². The number of hydrogen-bond donors (Lipinski definition) is 2. The lowest BCUT2D eigenvalue weighted by Crippen LogP contribution is -2.30. The van der Waals surface area contributed by atoms with Crippen LogP contribution in [0.4, 0.5) is 5.69 Å². The molecule has 5 nitrogen and oxygen atoms in total. The number of amides is 1. The third-order valence-electron chi connectivity index (χ3n) is 3.98. The van der Waals surface area contributed by atoms with E-state index in [1.165, 1.54) is 24.3 Å². The Balaban J connectivity index is 2.25. The molecule has 6 heteroatoms. The average molecular weight is 375 g/mol. The van der Waals surface area contributed by atoms with Gasteiger partial charge in [0.1, 0.15) is 0 Å². The van der Waals surface area contributed by atoms with E-state index in [0.29, 0.717) is 5.56 Å². The van der Waals surface area contributed by atoms with Crippen LogP contribution in [-0.4, -0.2) is 20.4 Å². The maximum Gasteiger partial charge on any atom is 0.255 e. The largest absolute Gasteiger partial charge is 0.321 e. The molecule has 2 N–H and O–H groups in total. The van der Waals surface area contributed by atoms with E-state index in [4.69, 9.17) is 0 Å². The van der Waals surface area contributed by atoms with E-state index in [2.05, 4.69) is 23.9 Å². The van der Waals surface area contributed by atoms with Crippen molar-refractivity contribution in [1.29, 1.82) is 0 Å². The van der Waals surface area contributed by atoms with Crippen LogP contribution in [0.25, 0.3) is 0 Å². The molecule has 1 amide bonds. The van der Waals surface area contributed by atoms with Crippen molar-refractivity contribution in [3.63, 3.8) is 0 Å². The summed E-state index contributed by atoms with van der Waals surface area (Å²) in [7, 11) is -3.57. The molecule has 0 heterocycles. The van der Waals surface area contributed by atoms with Crippen LogP contribution in [-0.2, 0) is 10.0 Å². The molecule has 0 spiro atoms. The number of nitrogens with one attached hydrogen (secondary N) is 2. The minimum atomic E-state index is -3.57. The highest BCUT2D eigenvalue weighted by molar-refractivity contribution is 7.89. The molecule has 2 aromatic rings. The molecular weight excluding hydrogens is 348 g/mol. The summed E-state index contributed by atoms with van der Waals surface area (Å²) in [4.78, 5) is 12.7. The number of anilines is 1. The van der Waals surface area contributed by atoms with Crippen LogP contribution in [0, 0.1) is 6.92 Å². The zero-order valence-corrected chi connectivity index (χ0v) is 16.6. The lowest BCUT2D eigenvalue weighted by molar-refractivity contribution is 0.102. The molecular formula is C20H26N2O3S. The monoisotopic (exact) mass is 374 g/mol. The van der Waals surface area contributed by atoms with E-state index in [1.54, 1.807) is 13.8 Å². The van der Waals surface area contributed by atoms with Crippen LogP contribution in [0.3, 0.4) is 0 Å². The number of rotatable bonds is 6. The van der Waals surface area contributed by atoms with Gasteiger partial charge in [0.15, 0.2) is 0 Å². The summed E-state index contributed by atoms with van der Waals surface area (Å²) in [5, 5.41) is 2.96. The Morgan fingerprint density at radius 2 is 1.58 bits per heavy atom. The van der Waals surface area contributed by atoms with Gasteiger partial charge in [-0.05, 0) is 62.1 Å². The van der Waals surface area contributed by atoms with Crippen molar-refractivity contribution in [2.45, 2.75) is 51.5 Å². The Morgan fingerprint density at radius 3 is 2.12 bits per heavy atom. The number of para-hydroxylation sites is 1. The number of aryl methyl sites for hydroxylation is 1. The number of carbonyl (C=O) groups excluding carboxylic acids is 1. The van der Waals surface area contributed by atoms with Gasteiger partial charge in [-0.2, -0.15) is 0 Å². The zero-order chi connectivity index (χ0) is 19.5. The smallest absolute Gasteiger partial charge is 0.255 e. The number of sulfonamides is 1.